The average molecular weight is 320 g/mol. The Morgan fingerprint density at radius 1 is 1.43 bits per heavy atom. The number of likely N-dealkylation sites (tertiary alicyclic amines) is 1. The number of hydrogen-bond acceptors (Lipinski definition) is 4. The fourth-order valence-electron chi connectivity index (χ4n) is 2.75. The molecule has 1 aliphatic heterocycles. The summed E-state index contributed by atoms with van der Waals surface area (Å²) in [4.78, 5) is 14.0. The second-order valence-electron chi connectivity index (χ2n) is 7.67. The maximum atomic E-state index is 12.2. The van der Waals surface area contributed by atoms with E-state index in [2.05, 4.69) is 12.2 Å². The minimum atomic E-state index is -0.459. The van der Waals surface area contributed by atoms with Gasteiger partial charge >= 0.3 is 6.09 Å². The molecule has 23 heavy (non-hydrogen) atoms. The van der Waals surface area contributed by atoms with Crippen LogP contribution in [0, 0.1) is 5.41 Å². The number of hydrogen-bond donors (Lipinski definition) is 2. The first-order valence-electron chi connectivity index (χ1n) is 8.12. The lowest BCUT2D eigenvalue weighted by molar-refractivity contribution is 0.0277. The highest BCUT2D eigenvalue weighted by atomic mass is 16.6. The maximum absolute atomic E-state index is 12.2. The van der Waals surface area contributed by atoms with Crippen LogP contribution in [-0.2, 0) is 11.3 Å². The molecule has 1 aliphatic rings. The molecule has 0 radical (unpaired) electrons. The van der Waals surface area contributed by atoms with Gasteiger partial charge in [0, 0.05) is 30.7 Å². The quantitative estimate of drug-likeness (QED) is 0.894. The van der Waals surface area contributed by atoms with Crippen LogP contribution in [-0.4, -0.2) is 41.3 Å². The molecule has 128 valence electrons. The van der Waals surface area contributed by atoms with E-state index in [1.54, 1.807) is 4.90 Å². The number of nitrogens with one attached hydrogen (secondary N) is 1. The summed E-state index contributed by atoms with van der Waals surface area (Å²) in [5.74, 6) is 0. The second kappa shape index (κ2) is 6.79. The third-order valence-corrected chi connectivity index (χ3v) is 4.04. The Labute approximate surface area is 138 Å². The standard InChI is InChI=1S/C18H28N2O3/c1-17(2,3)23-16(22)20-9-8-18(4,13-20)12-19-15-7-5-6-14(10-15)11-21/h5-7,10,19,21H,8-9,11-13H2,1-4H3. The van der Waals surface area contributed by atoms with Crippen LogP contribution in [0.1, 0.15) is 39.7 Å². The highest BCUT2D eigenvalue weighted by Crippen LogP contribution is 2.31. The van der Waals surface area contributed by atoms with E-state index >= 15 is 0 Å². The van der Waals surface area contributed by atoms with Crippen molar-refractivity contribution in [3.63, 3.8) is 0 Å². The lowest BCUT2D eigenvalue weighted by Gasteiger charge is -2.27. The fraction of sp³-hybridized carbons (Fsp3) is 0.611. The lowest BCUT2D eigenvalue weighted by atomic mass is 9.90. The molecule has 1 amide bonds. The van der Waals surface area contributed by atoms with Gasteiger partial charge in [-0.05, 0) is 44.9 Å². The van der Waals surface area contributed by atoms with E-state index in [4.69, 9.17) is 4.74 Å². The van der Waals surface area contributed by atoms with Gasteiger partial charge in [0.2, 0.25) is 0 Å². The minimum Gasteiger partial charge on any atom is -0.444 e. The number of ether oxygens (including phenoxy) is 1. The van der Waals surface area contributed by atoms with Crippen molar-refractivity contribution in [2.45, 2.75) is 46.3 Å². The van der Waals surface area contributed by atoms with Crippen LogP contribution in [0.5, 0.6) is 0 Å². The summed E-state index contributed by atoms with van der Waals surface area (Å²) < 4.78 is 5.45. The van der Waals surface area contributed by atoms with Crippen LogP contribution in [0.15, 0.2) is 24.3 Å². The van der Waals surface area contributed by atoms with Crippen molar-refractivity contribution in [3.8, 4) is 0 Å². The van der Waals surface area contributed by atoms with Crippen molar-refractivity contribution in [3.05, 3.63) is 29.8 Å². The second-order valence-corrected chi connectivity index (χ2v) is 7.67. The molecule has 1 aromatic rings. The number of carbonyl (C=O) groups is 1. The van der Waals surface area contributed by atoms with Crippen LogP contribution in [0.25, 0.3) is 0 Å². The molecule has 0 aromatic heterocycles. The maximum Gasteiger partial charge on any atom is 0.410 e. The number of aliphatic hydroxyl groups excluding tert-OH is 1. The molecule has 0 saturated carbocycles. The molecule has 5 heteroatoms. The Hall–Kier alpha value is -1.75. The van der Waals surface area contributed by atoms with Crippen molar-refractivity contribution >= 4 is 11.8 Å². The van der Waals surface area contributed by atoms with Gasteiger partial charge in [0.05, 0.1) is 6.61 Å². The number of anilines is 1. The third-order valence-electron chi connectivity index (χ3n) is 4.04. The first-order chi connectivity index (χ1) is 10.7. The highest BCUT2D eigenvalue weighted by molar-refractivity contribution is 5.68. The molecule has 1 unspecified atom stereocenters. The molecule has 0 bridgehead atoms. The van der Waals surface area contributed by atoms with Gasteiger partial charge in [-0.25, -0.2) is 4.79 Å². The summed E-state index contributed by atoms with van der Waals surface area (Å²) in [6.45, 7) is 10.1. The number of carbonyl (C=O) groups excluding carboxylic acids is 1. The molecule has 1 saturated heterocycles. The van der Waals surface area contributed by atoms with Gasteiger partial charge in [-0.1, -0.05) is 19.1 Å². The van der Waals surface area contributed by atoms with Crippen LogP contribution >= 0.6 is 0 Å². The molecule has 2 N–H and O–H groups in total. The van der Waals surface area contributed by atoms with Crippen molar-refractivity contribution in [2.24, 2.45) is 5.41 Å². The summed E-state index contributed by atoms with van der Waals surface area (Å²) >= 11 is 0. The predicted octanol–water partition coefficient (Wildman–Crippen LogP) is 3.24. The van der Waals surface area contributed by atoms with Gasteiger partial charge < -0.3 is 20.1 Å². The van der Waals surface area contributed by atoms with Gasteiger partial charge in [-0.3, -0.25) is 0 Å². The number of benzene rings is 1. The van der Waals surface area contributed by atoms with Crippen LogP contribution < -0.4 is 5.32 Å². The van der Waals surface area contributed by atoms with Crippen molar-refractivity contribution in [1.29, 1.82) is 0 Å². The van der Waals surface area contributed by atoms with Crippen molar-refractivity contribution in [1.82, 2.24) is 4.90 Å². The topological polar surface area (TPSA) is 61.8 Å². The normalized spacial score (nSPS) is 21.3. The molecule has 1 aromatic carbocycles. The summed E-state index contributed by atoms with van der Waals surface area (Å²) in [6.07, 6.45) is 0.711. The zero-order chi connectivity index (χ0) is 17.1. The van der Waals surface area contributed by atoms with Crippen LogP contribution in [0.3, 0.4) is 0 Å². The monoisotopic (exact) mass is 320 g/mol. The molecule has 1 atom stereocenters. The molecule has 2 rings (SSSR count). The Morgan fingerprint density at radius 2 is 2.17 bits per heavy atom. The first kappa shape index (κ1) is 17.6. The number of amides is 1. The molecule has 0 aliphatic carbocycles. The van der Waals surface area contributed by atoms with Gasteiger partial charge in [0.25, 0.3) is 0 Å². The Bertz CT molecular complexity index is 553. The lowest BCUT2D eigenvalue weighted by Crippen LogP contribution is -2.37. The predicted molar refractivity (Wildman–Crippen MR) is 91.4 cm³/mol. The van der Waals surface area contributed by atoms with E-state index in [0.29, 0.717) is 6.54 Å². The highest BCUT2D eigenvalue weighted by Gasteiger charge is 2.37. The van der Waals surface area contributed by atoms with Gasteiger partial charge in [-0.2, -0.15) is 0 Å². The zero-order valence-corrected chi connectivity index (χ0v) is 14.6. The van der Waals surface area contributed by atoms with E-state index in [0.717, 1.165) is 30.8 Å². The number of rotatable bonds is 4. The van der Waals surface area contributed by atoms with Crippen LogP contribution in [0.2, 0.25) is 0 Å². The van der Waals surface area contributed by atoms with Gasteiger partial charge in [0.1, 0.15) is 5.60 Å². The Balaban J connectivity index is 1.89. The largest absolute Gasteiger partial charge is 0.444 e. The van der Waals surface area contributed by atoms with Crippen LogP contribution in [0.4, 0.5) is 10.5 Å². The molecule has 1 heterocycles. The zero-order valence-electron chi connectivity index (χ0n) is 14.6. The number of nitrogens with zero attached hydrogens (tertiary/aromatic N) is 1. The third kappa shape index (κ3) is 5.13. The molecular formula is C18H28N2O3. The van der Waals surface area contributed by atoms with E-state index in [1.807, 2.05) is 45.0 Å². The summed E-state index contributed by atoms with van der Waals surface area (Å²) in [5, 5.41) is 12.6. The summed E-state index contributed by atoms with van der Waals surface area (Å²) in [7, 11) is 0. The SMILES string of the molecule is CC1(CNc2cccc(CO)c2)CCN(C(=O)OC(C)(C)C)C1. The van der Waals surface area contributed by atoms with E-state index in [9.17, 15) is 9.90 Å². The number of aliphatic hydroxyl groups is 1. The van der Waals surface area contributed by atoms with Crippen molar-refractivity contribution in [2.75, 3.05) is 25.0 Å². The van der Waals surface area contributed by atoms with E-state index in [-0.39, 0.29) is 18.1 Å². The Kier molecular flexibility index (Phi) is 5.19. The first-order valence-corrected chi connectivity index (χ1v) is 8.12. The molecular weight excluding hydrogens is 292 g/mol. The van der Waals surface area contributed by atoms with E-state index < -0.39 is 5.60 Å². The van der Waals surface area contributed by atoms with E-state index in [1.165, 1.54) is 0 Å². The molecule has 0 spiro atoms. The fourth-order valence-corrected chi connectivity index (χ4v) is 2.75. The Morgan fingerprint density at radius 3 is 2.83 bits per heavy atom. The summed E-state index contributed by atoms with van der Waals surface area (Å²) in [6, 6.07) is 7.76. The minimum absolute atomic E-state index is 0.0200. The summed E-state index contributed by atoms with van der Waals surface area (Å²) in [5.41, 5.74) is 1.45. The smallest absolute Gasteiger partial charge is 0.410 e. The van der Waals surface area contributed by atoms with Gasteiger partial charge in [0.15, 0.2) is 0 Å². The van der Waals surface area contributed by atoms with Crippen molar-refractivity contribution < 1.29 is 14.6 Å². The molecule has 1 fully saturated rings. The van der Waals surface area contributed by atoms with Gasteiger partial charge in [-0.15, -0.1) is 0 Å². The molecule has 5 nitrogen and oxygen atoms in total. The average Bonchev–Trinajstić information content (AvgIpc) is 2.87.